The molecule has 0 aromatic heterocycles. The molecule has 2 rings (SSSR count). The van der Waals surface area contributed by atoms with Crippen molar-refractivity contribution in [1.82, 2.24) is 0 Å². The quantitative estimate of drug-likeness (QED) is 0.591. The summed E-state index contributed by atoms with van der Waals surface area (Å²) in [5.41, 5.74) is -0.0156. The lowest BCUT2D eigenvalue weighted by Gasteiger charge is -2.23. The monoisotopic (exact) mass is 390 g/mol. The Bertz CT molecular complexity index is 631. The van der Waals surface area contributed by atoms with E-state index in [1.54, 1.807) is 74.5 Å². The Balaban J connectivity index is 0.000000391. The molecule has 154 valence electrons. The van der Waals surface area contributed by atoms with Gasteiger partial charge in [-0.1, -0.05) is 49.7 Å². The van der Waals surface area contributed by atoms with Gasteiger partial charge in [-0.3, -0.25) is 0 Å². The number of hydrogen-bond donors (Lipinski definition) is 4. The fourth-order valence-electron chi connectivity index (χ4n) is 2.44. The second-order valence-corrected chi connectivity index (χ2v) is 6.64. The molecule has 0 saturated carbocycles. The molecule has 0 aliphatic rings. The van der Waals surface area contributed by atoms with Gasteiger partial charge < -0.3 is 20.4 Å². The van der Waals surface area contributed by atoms with E-state index in [2.05, 4.69) is 0 Å². The number of aliphatic hydroxyl groups excluding tert-OH is 1. The third-order valence-corrected chi connectivity index (χ3v) is 3.57. The highest BCUT2D eigenvalue weighted by molar-refractivity contribution is 5.87. The first kappa shape index (κ1) is 25.3. The van der Waals surface area contributed by atoms with Crippen LogP contribution in [0.2, 0.25) is 0 Å². The van der Waals surface area contributed by atoms with Crippen LogP contribution in [0, 0.1) is 0 Å². The molecule has 0 amide bonds. The Morgan fingerprint density at radius 2 is 1.25 bits per heavy atom. The molecule has 0 heterocycles. The lowest BCUT2D eigenvalue weighted by molar-refractivity contribution is 0.00228. The number of carboxylic acid groups (broad SMARTS) is 2. The highest BCUT2D eigenvalue weighted by Crippen LogP contribution is 2.17. The molecule has 0 radical (unpaired) electrons. The summed E-state index contributed by atoms with van der Waals surface area (Å²) in [5, 5.41) is 35.2. The number of rotatable bonds is 6. The molecule has 0 aliphatic carbocycles. The molecular formula is C22H30O6. The lowest BCUT2D eigenvalue weighted by Crippen LogP contribution is -2.28. The van der Waals surface area contributed by atoms with E-state index >= 15 is 0 Å². The topological polar surface area (TPSA) is 115 Å². The van der Waals surface area contributed by atoms with E-state index in [1.165, 1.54) is 0 Å². The molecule has 0 fully saturated rings. The fourth-order valence-corrected chi connectivity index (χ4v) is 2.44. The predicted octanol–water partition coefficient (Wildman–Crippen LogP) is 4.08. The van der Waals surface area contributed by atoms with Crippen LogP contribution in [0.1, 0.15) is 60.7 Å². The summed E-state index contributed by atoms with van der Waals surface area (Å²) in [4.78, 5) is 20.4. The maximum absolute atomic E-state index is 10.2. The molecule has 0 aliphatic heterocycles. The number of benzene rings is 2. The summed E-state index contributed by atoms with van der Waals surface area (Å²) >= 11 is 0. The maximum atomic E-state index is 10.2. The maximum Gasteiger partial charge on any atom is 0.335 e. The van der Waals surface area contributed by atoms with Crippen molar-refractivity contribution in [1.29, 1.82) is 0 Å². The lowest BCUT2D eigenvalue weighted by atomic mass is 9.94. The summed E-state index contributed by atoms with van der Waals surface area (Å²) < 4.78 is 0. The van der Waals surface area contributed by atoms with Crippen LogP contribution in [0.15, 0.2) is 60.7 Å². The minimum Gasteiger partial charge on any atom is -0.478 e. The number of aromatic carboxylic acids is 2. The van der Waals surface area contributed by atoms with Crippen LogP contribution in [0.5, 0.6) is 0 Å². The largest absolute Gasteiger partial charge is 0.478 e. The zero-order chi connectivity index (χ0) is 21.6. The van der Waals surface area contributed by atoms with Crippen LogP contribution in [-0.4, -0.2) is 44.1 Å². The van der Waals surface area contributed by atoms with Crippen molar-refractivity contribution in [3.63, 3.8) is 0 Å². The normalized spacial score (nSPS) is 12.9. The molecule has 0 spiro atoms. The molecule has 2 atom stereocenters. The van der Waals surface area contributed by atoms with Crippen molar-refractivity contribution < 1.29 is 30.0 Å². The van der Waals surface area contributed by atoms with Crippen LogP contribution >= 0.6 is 0 Å². The van der Waals surface area contributed by atoms with Crippen molar-refractivity contribution in [2.45, 2.75) is 51.7 Å². The van der Waals surface area contributed by atoms with E-state index in [0.717, 1.165) is 12.8 Å². The standard InChI is InChI=1S/C8H18O2.2C7H6O2/c1-4-5-8(3,10)6-7(2)9;2*8-7(9)6-4-2-1-3-5-6/h7,9-10H,4-6H2,1-3H3;2*1-5H,(H,8,9). The van der Waals surface area contributed by atoms with Crippen molar-refractivity contribution in [3.05, 3.63) is 71.8 Å². The first-order valence-corrected chi connectivity index (χ1v) is 9.06. The van der Waals surface area contributed by atoms with Gasteiger partial charge in [0.25, 0.3) is 0 Å². The third kappa shape index (κ3) is 12.6. The molecule has 0 bridgehead atoms. The van der Waals surface area contributed by atoms with Crippen molar-refractivity contribution in [3.8, 4) is 0 Å². The van der Waals surface area contributed by atoms with Crippen LogP contribution in [-0.2, 0) is 0 Å². The molecule has 6 nitrogen and oxygen atoms in total. The Kier molecular flexibility index (Phi) is 12.2. The third-order valence-electron chi connectivity index (χ3n) is 3.57. The fraction of sp³-hybridized carbons (Fsp3) is 0.364. The number of carboxylic acids is 2. The SMILES string of the molecule is CCCC(C)(O)CC(C)O.O=C(O)c1ccccc1.O=C(O)c1ccccc1. The second kappa shape index (κ2) is 13.5. The van der Waals surface area contributed by atoms with Gasteiger partial charge in [0.2, 0.25) is 0 Å². The smallest absolute Gasteiger partial charge is 0.335 e. The molecule has 2 unspecified atom stereocenters. The highest BCUT2D eigenvalue weighted by Gasteiger charge is 2.20. The minimum absolute atomic E-state index is 0.331. The van der Waals surface area contributed by atoms with E-state index in [4.69, 9.17) is 15.3 Å². The molecule has 2 aromatic rings. The molecular weight excluding hydrogens is 360 g/mol. The van der Waals surface area contributed by atoms with Crippen LogP contribution in [0.4, 0.5) is 0 Å². The minimum atomic E-state index is -0.879. The van der Waals surface area contributed by atoms with Gasteiger partial charge in [-0.2, -0.15) is 0 Å². The van der Waals surface area contributed by atoms with E-state index < -0.39 is 23.6 Å². The van der Waals surface area contributed by atoms with E-state index in [0.29, 0.717) is 17.5 Å². The molecule has 28 heavy (non-hydrogen) atoms. The van der Waals surface area contributed by atoms with Gasteiger partial charge >= 0.3 is 11.9 Å². The van der Waals surface area contributed by atoms with Gasteiger partial charge in [-0.15, -0.1) is 0 Å². The van der Waals surface area contributed by atoms with Gasteiger partial charge in [0.05, 0.1) is 22.8 Å². The predicted molar refractivity (Wildman–Crippen MR) is 109 cm³/mol. The Morgan fingerprint density at radius 3 is 1.46 bits per heavy atom. The zero-order valence-electron chi connectivity index (χ0n) is 16.6. The summed E-state index contributed by atoms with van der Waals surface area (Å²) in [5.74, 6) is -1.76. The van der Waals surface area contributed by atoms with Gasteiger partial charge in [0.1, 0.15) is 0 Å². The van der Waals surface area contributed by atoms with Gasteiger partial charge in [0, 0.05) is 6.42 Å². The van der Waals surface area contributed by atoms with Crippen molar-refractivity contribution >= 4 is 11.9 Å². The zero-order valence-corrected chi connectivity index (χ0v) is 16.6. The van der Waals surface area contributed by atoms with E-state index in [9.17, 15) is 14.7 Å². The van der Waals surface area contributed by atoms with Crippen LogP contribution in [0.3, 0.4) is 0 Å². The molecule has 4 N–H and O–H groups in total. The average Bonchev–Trinajstić information content (AvgIpc) is 2.63. The first-order chi connectivity index (χ1) is 13.1. The summed E-state index contributed by atoms with van der Waals surface area (Å²) in [6.07, 6.45) is 1.79. The van der Waals surface area contributed by atoms with Crippen molar-refractivity contribution in [2.75, 3.05) is 0 Å². The van der Waals surface area contributed by atoms with Gasteiger partial charge in [-0.05, 0) is 44.5 Å². The van der Waals surface area contributed by atoms with Crippen LogP contribution < -0.4 is 0 Å². The van der Waals surface area contributed by atoms with Gasteiger partial charge in [0.15, 0.2) is 0 Å². The van der Waals surface area contributed by atoms with Crippen LogP contribution in [0.25, 0.3) is 0 Å². The van der Waals surface area contributed by atoms with E-state index in [-0.39, 0.29) is 0 Å². The second-order valence-electron chi connectivity index (χ2n) is 6.64. The molecule has 0 saturated heterocycles. The average molecular weight is 390 g/mol. The Hall–Kier alpha value is -2.70. The summed E-state index contributed by atoms with van der Waals surface area (Å²) in [6, 6.07) is 16.6. The van der Waals surface area contributed by atoms with E-state index in [1.807, 2.05) is 6.92 Å². The Morgan fingerprint density at radius 1 is 0.893 bits per heavy atom. The summed E-state index contributed by atoms with van der Waals surface area (Å²) in [7, 11) is 0. The molecule has 6 heteroatoms. The van der Waals surface area contributed by atoms with Gasteiger partial charge in [-0.25, -0.2) is 9.59 Å². The first-order valence-electron chi connectivity index (χ1n) is 9.06. The number of hydrogen-bond acceptors (Lipinski definition) is 4. The number of aliphatic hydroxyl groups is 2. The number of carbonyl (C=O) groups is 2. The van der Waals surface area contributed by atoms with Crippen molar-refractivity contribution in [2.24, 2.45) is 0 Å². The molecule has 2 aromatic carbocycles. The Labute approximate surface area is 166 Å². The highest BCUT2D eigenvalue weighted by atomic mass is 16.4. The summed E-state index contributed by atoms with van der Waals surface area (Å²) in [6.45, 7) is 5.49.